The quantitative estimate of drug-likeness (QED) is 0.0917. The maximum Gasteiger partial charge on any atom is 0.409 e. The molecule has 1 rings (SSSR count). The van der Waals surface area contributed by atoms with Crippen LogP contribution < -0.4 is 32.7 Å². The van der Waals surface area contributed by atoms with Crippen LogP contribution in [0.25, 0.3) is 0 Å². The van der Waals surface area contributed by atoms with E-state index < -0.39 is 41.6 Å². The van der Waals surface area contributed by atoms with Crippen molar-refractivity contribution in [1.82, 2.24) is 25.8 Å². The lowest BCUT2D eigenvalue weighted by Gasteiger charge is -2.29. The van der Waals surface area contributed by atoms with E-state index in [4.69, 9.17) is 20.9 Å². The van der Waals surface area contributed by atoms with Gasteiger partial charge in [-0.15, -0.1) is 0 Å². The van der Waals surface area contributed by atoms with E-state index in [1.165, 1.54) is 4.90 Å². The van der Waals surface area contributed by atoms with E-state index in [1.54, 1.807) is 31.3 Å². The number of carbonyl (C=O) groups excluding carboxylic acids is 5. The number of nitrogens with one attached hydrogen (secondary N) is 4. The first-order valence-electron chi connectivity index (χ1n) is 17.7. The predicted molar refractivity (Wildman–Crippen MR) is 199 cm³/mol. The summed E-state index contributed by atoms with van der Waals surface area (Å²) in [4.78, 5) is 66.8. The predicted octanol–water partition coefficient (Wildman–Crippen LogP) is 2.92. The maximum absolute atomic E-state index is 13.5. The van der Waals surface area contributed by atoms with Gasteiger partial charge in [0.25, 0.3) is 0 Å². The first-order chi connectivity index (χ1) is 23.7. The molecule has 3 atom stereocenters. The number of hydrogen-bond acceptors (Lipinski definition) is 9. The number of primary amides is 1. The molecule has 0 aliphatic rings. The molecule has 0 saturated carbocycles. The second kappa shape index (κ2) is 22.1. The third kappa shape index (κ3) is 19.3. The number of carbonyl (C=O) groups is 5. The summed E-state index contributed by atoms with van der Waals surface area (Å²) in [6.07, 6.45) is 2.20. The van der Waals surface area contributed by atoms with E-state index in [-0.39, 0.29) is 43.4 Å². The summed E-state index contributed by atoms with van der Waals surface area (Å²) in [5.74, 6) is -1.57. The zero-order chi connectivity index (χ0) is 38.8. The molecule has 15 nitrogen and oxygen atoms in total. The molecule has 0 heterocycles. The molecule has 15 heteroatoms. The number of amides is 6. The lowest BCUT2D eigenvalue weighted by molar-refractivity contribution is -0.132. The van der Waals surface area contributed by atoms with Gasteiger partial charge < -0.3 is 52.0 Å². The number of ether oxygens (including phenoxy) is 2. The molecule has 0 fully saturated rings. The second-order valence-corrected chi connectivity index (χ2v) is 14.6. The molecular weight excluding hydrogens is 656 g/mol. The highest BCUT2D eigenvalue weighted by atomic mass is 16.6. The standard InChI is InChI=1S/C36H64N8O7/c1-10-36(6,38)19-23-51-35(4,5)18-17-29(45)42-30(25(2)3)32(47)41-28(12-11-20-39-33(37)48)31(46)40-27-15-13-26(14-16-27)24-50-34(49)44(9)22-21-43(7)8/h13-16,25,28,30H,10-12,17-24,38H2,1-9H3,(H,40,46)(H,41,47)(H,42,45)(H3,37,39,48). The molecule has 0 aliphatic heterocycles. The Morgan fingerprint density at radius 2 is 1.57 bits per heavy atom. The van der Waals surface area contributed by atoms with E-state index in [0.717, 1.165) is 12.0 Å². The average Bonchev–Trinajstić information content (AvgIpc) is 3.05. The van der Waals surface area contributed by atoms with E-state index in [9.17, 15) is 24.0 Å². The maximum atomic E-state index is 13.5. The van der Waals surface area contributed by atoms with Crippen molar-refractivity contribution < 1.29 is 33.4 Å². The number of urea groups is 1. The Bertz CT molecular complexity index is 1250. The van der Waals surface area contributed by atoms with Gasteiger partial charge in [-0.05, 0) is 90.6 Å². The molecule has 0 radical (unpaired) electrons. The van der Waals surface area contributed by atoms with Crippen molar-refractivity contribution in [2.24, 2.45) is 17.4 Å². The highest BCUT2D eigenvalue weighted by molar-refractivity contribution is 5.98. The van der Waals surface area contributed by atoms with Crippen LogP contribution in [0.5, 0.6) is 0 Å². The van der Waals surface area contributed by atoms with Crippen LogP contribution >= 0.6 is 0 Å². The number of benzene rings is 1. The highest BCUT2D eigenvalue weighted by Crippen LogP contribution is 2.20. The van der Waals surface area contributed by atoms with Crippen LogP contribution in [-0.2, 0) is 30.5 Å². The topological polar surface area (TPSA) is 210 Å². The lowest BCUT2D eigenvalue weighted by atomic mass is 9.96. The van der Waals surface area contributed by atoms with Gasteiger partial charge in [0.15, 0.2) is 0 Å². The van der Waals surface area contributed by atoms with Crippen LogP contribution in [0.4, 0.5) is 15.3 Å². The zero-order valence-electron chi connectivity index (χ0n) is 32.2. The number of hydrogen-bond donors (Lipinski definition) is 6. The zero-order valence-corrected chi connectivity index (χ0v) is 32.2. The molecular formula is C36H64N8O7. The summed E-state index contributed by atoms with van der Waals surface area (Å²) in [5, 5.41) is 10.9. The summed E-state index contributed by atoms with van der Waals surface area (Å²) >= 11 is 0. The van der Waals surface area contributed by atoms with Crippen LogP contribution in [0.1, 0.15) is 85.6 Å². The van der Waals surface area contributed by atoms with Crippen molar-refractivity contribution in [3.8, 4) is 0 Å². The van der Waals surface area contributed by atoms with Crippen molar-refractivity contribution in [3.63, 3.8) is 0 Å². The molecule has 0 spiro atoms. The Hall–Kier alpha value is -3.95. The number of rotatable bonds is 23. The molecule has 8 N–H and O–H groups in total. The average molecular weight is 721 g/mol. The van der Waals surface area contributed by atoms with E-state index >= 15 is 0 Å². The van der Waals surface area contributed by atoms with Crippen LogP contribution in [0, 0.1) is 5.92 Å². The van der Waals surface area contributed by atoms with Crippen LogP contribution in [0.3, 0.4) is 0 Å². The number of likely N-dealkylation sites (N-methyl/N-ethyl adjacent to an activating group) is 2. The molecule has 51 heavy (non-hydrogen) atoms. The van der Waals surface area contributed by atoms with Crippen LogP contribution in [-0.4, -0.2) is 110 Å². The summed E-state index contributed by atoms with van der Waals surface area (Å²) in [7, 11) is 5.52. The normalized spacial score (nSPS) is 13.9. The largest absolute Gasteiger partial charge is 0.445 e. The van der Waals surface area contributed by atoms with Crippen molar-refractivity contribution in [1.29, 1.82) is 0 Å². The molecule has 0 aliphatic carbocycles. The molecule has 1 aromatic rings. The Morgan fingerprint density at radius 3 is 2.14 bits per heavy atom. The number of nitrogens with zero attached hydrogens (tertiary/aromatic N) is 2. The fraction of sp³-hybridized carbons (Fsp3) is 0.694. The minimum Gasteiger partial charge on any atom is -0.445 e. The Kier molecular flexibility index (Phi) is 19.5. The minimum absolute atomic E-state index is 0.0600. The van der Waals surface area contributed by atoms with Gasteiger partial charge in [0, 0.05) is 50.9 Å². The molecule has 1 aromatic carbocycles. The van der Waals surface area contributed by atoms with Gasteiger partial charge in [0.2, 0.25) is 17.7 Å². The molecule has 290 valence electrons. The van der Waals surface area contributed by atoms with Crippen molar-refractivity contribution in [2.75, 3.05) is 52.7 Å². The first kappa shape index (κ1) is 45.1. The molecule has 0 aromatic heterocycles. The van der Waals surface area contributed by atoms with Crippen LogP contribution in [0.2, 0.25) is 0 Å². The summed E-state index contributed by atoms with van der Waals surface area (Å²) in [5.41, 5.74) is 11.7. The molecule has 3 unspecified atom stereocenters. The van der Waals surface area contributed by atoms with Crippen LogP contribution in [0.15, 0.2) is 24.3 Å². The number of nitrogens with two attached hydrogens (primary N) is 2. The smallest absolute Gasteiger partial charge is 0.409 e. The second-order valence-electron chi connectivity index (χ2n) is 14.6. The van der Waals surface area contributed by atoms with Gasteiger partial charge in [0.1, 0.15) is 18.7 Å². The highest BCUT2D eigenvalue weighted by Gasteiger charge is 2.30. The van der Waals surface area contributed by atoms with Crippen molar-refractivity contribution >= 4 is 35.5 Å². The van der Waals surface area contributed by atoms with Gasteiger partial charge in [-0.25, -0.2) is 9.59 Å². The summed E-state index contributed by atoms with van der Waals surface area (Å²) in [6, 6.07) is 4.23. The van der Waals surface area contributed by atoms with Crippen molar-refractivity contribution in [3.05, 3.63) is 29.8 Å². The van der Waals surface area contributed by atoms with Gasteiger partial charge in [0.05, 0.1) is 5.60 Å². The van der Waals surface area contributed by atoms with Gasteiger partial charge in [-0.3, -0.25) is 14.4 Å². The Morgan fingerprint density at radius 1 is 0.922 bits per heavy atom. The van der Waals surface area contributed by atoms with E-state index in [0.29, 0.717) is 44.6 Å². The summed E-state index contributed by atoms with van der Waals surface area (Å²) in [6.45, 7) is 13.4. The first-order valence-corrected chi connectivity index (χ1v) is 17.7. The lowest BCUT2D eigenvalue weighted by Crippen LogP contribution is -2.54. The fourth-order valence-electron chi connectivity index (χ4n) is 4.66. The van der Waals surface area contributed by atoms with Gasteiger partial charge in [-0.1, -0.05) is 32.9 Å². The third-order valence-electron chi connectivity index (χ3n) is 8.57. The third-order valence-corrected chi connectivity index (χ3v) is 8.57. The van der Waals surface area contributed by atoms with Gasteiger partial charge >= 0.3 is 12.1 Å². The molecule has 6 amide bonds. The number of anilines is 1. The molecule has 0 saturated heterocycles. The van der Waals surface area contributed by atoms with E-state index in [2.05, 4.69) is 21.3 Å². The van der Waals surface area contributed by atoms with Gasteiger partial charge in [-0.2, -0.15) is 0 Å². The summed E-state index contributed by atoms with van der Waals surface area (Å²) < 4.78 is 11.4. The Labute approximate surface area is 304 Å². The monoisotopic (exact) mass is 720 g/mol. The minimum atomic E-state index is -0.979. The Balaban J connectivity index is 2.86. The fourth-order valence-corrected chi connectivity index (χ4v) is 4.66. The molecule has 0 bridgehead atoms. The van der Waals surface area contributed by atoms with E-state index in [1.807, 2.05) is 60.5 Å². The SMILES string of the molecule is CCC(C)(N)CCOC(C)(C)CCC(=O)NC(C(=O)NC(CCCNC(N)=O)C(=O)Nc1ccc(COC(=O)N(C)CCN(C)C)cc1)C(C)C. The van der Waals surface area contributed by atoms with Crippen molar-refractivity contribution in [2.45, 2.75) is 110 Å².